The number of para-hydroxylation sites is 2. The van der Waals surface area contributed by atoms with Gasteiger partial charge in [-0.2, -0.15) is 0 Å². The first kappa shape index (κ1) is 13.8. The van der Waals surface area contributed by atoms with E-state index >= 15 is 0 Å². The van der Waals surface area contributed by atoms with Gasteiger partial charge in [0, 0.05) is 19.0 Å². The van der Waals surface area contributed by atoms with E-state index in [1.807, 2.05) is 12.1 Å². The van der Waals surface area contributed by atoms with Crippen molar-refractivity contribution in [1.29, 1.82) is 0 Å². The molecule has 2 aromatic carbocycles. The number of nitrogens with two attached hydrogens (primary N) is 1. The molecule has 0 saturated carbocycles. The summed E-state index contributed by atoms with van der Waals surface area (Å²) in [5.74, 6) is 1.08. The van der Waals surface area contributed by atoms with E-state index in [0.717, 1.165) is 30.7 Å². The molecule has 0 aliphatic carbocycles. The van der Waals surface area contributed by atoms with Crippen molar-refractivity contribution >= 4 is 11.0 Å². The fraction of sp³-hybridized carbons (Fsp3) is 0.278. The quantitative estimate of drug-likeness (QED) is 0.778. The van der Waals surface area contributed by atoms with Crippen molar-refractivity contribution in [3.05, 3.63) is 66.0 Å². The van der Waals surface area contributed by atoms with Gasteiger partial charge in [0.05, 0.1) is 11.0 Å². The Balaban J connectivity index is 2.03. The van der Waals surface area contributed by atoms with Crippen LogP contribution >= 0.6 is 0 Å². The van der Waals surface area contributed by atoms with Gasteiger partial charge < -0.3 is 10.3 Å². The summed E-state index contributed by atoms with van der Waals surface area (Å²) in [6.45, 7) is 2.96. The summed E-state index contributed by atoms with van der Waals surface area (Å²) in [7, 11) is 0. The van der Waals surface area contributed by atoms with Crippen LogP contribution in [0.25, 0.3) is 11.0 Å². The van der Waals surface area contributed by atoms with Gasteiger partial charge in [0.15, 0.2) is 0 Å². The first-order valence-corrected chi connectivity index (χ1v) is 7.51. The zero-order chi connectivity index (χ0) is 14.7. The number of nitrogens with zero attached hydrogens (tertiary/aromatic N) is 2. The minimum atomic E-state index is 0.163. The molecule has 21 heavy (non-hydrogen) atoms. The molecule has 1 unspecified atom stereocenters. The number of fused-ring (bicyclic) bond motifs is 1. The summed E-state index contributed by atoms with van der Waals surface area (Å²) in [5, 5.41) is 0. The first-order valence-electron chi connectivity index (χ1n) is 7.51. The molecule has 0 bridgehead atoms. The fourth-order valence-electron chi connectivity index (χ4n) is 2.60. The number of imidazole rings is 1. The summed E-state index contributed by atoms with van der Waals surface area (Å²) < 4.78 is 2.29. The zero-order valence-electron chi connectivity index (χ0n) is 12.4. The average Bonchev–Trinajstić information content (AvgIpc) is 2.86. The number of hydrogen-bond acceptors (Lipinski definition) is 2. The number of benzene rings is 2. The third kappa shape index (κ3) is 2.98. The Morgan fingerprint density at radius 1 is 1.05 bits per heavy atom. The van der Waals surface area contributed by atoms with Gasteiger partial charge in [-0.1, -0.05) is 49.4 Å². The summed E-state index contributed by atoms with van der Waals surface area (Å²) in [4.78, 5) is 4.78. The van der Waals surface area contributed by atoms with Gasteiger partial charge in [-0.25, -0.2) is 4.98 Å². The topological polar surface area (TPSA) is 43.8 Å². The van der Waals surface area contributed by atoms with Crippen molar-refractivity contribution in [3.63, 3.8) is 0 Å². The van der Waals surface area contributed by atoms with Crippen LogP contribution < -0.4 is 5.73 Å². The van der Waals surface area contributed by atoms with E-state index in [1.165, 1.54) is 11.1 Å². The molecule has 3 aromatic rings. The Morgan fingerprint density at radius 2 is 1.76 bits per heavy atom. The van der Waals surface area contributed by atoms with Crippen LogP contribution in [0.1, 0.15) is 24.7 Å². The van der Waals surface area contributed by atoms with Gasteiger partial charge >= 0.3 is 0 Å². The second-order valence-corrected chi connectivity index (χ2v) is 5.46. The maximum atomic E-state index is 6.14. The average molecular weight is 279 g/mol. The lowest BCUT2D eigenvalue weighted by Crippen LogP contribution is -2.23. The summed E-state index contributed by atoms with van der Waals surface area (Å²) in [6, 6.07) is 19.0. The zero-order valence-corrected chi connectivity index (χ0v) is 12.4. The van der Waals surface area contributed by atoms with Crippen molar-refractivity contribution < 1.29 is 0 Å². The van der Waals surface area contributed by atoms with Crippen molar-refractivity contribution in [1.82, 2.24) is 9.55 Å². The Hall–Kier alpha value is -2.13. The van der Waals surface area contributed by atoms with Crippen LogP contribution in [0.3, 0.4) is 0 Å². The second-order valence-electron chi connectivity index (χ2n) is 5.46. The van der Waals surface area contributed by atoms with E-state index in [4.69, 9.17) is 10.7 Å². The lowest BCUT2D eigenvalue weighted by atomic mass is 10.1. The third-order valence-corrected chi connectivity index (χ3v) is 3.89. The fourth-order valence-corrected chi connectivity index (χ4v) is 2.60. The molecule has 0 fully saturated rings. The molecule has 0 saturated heterocycles. The van der Waals surface area contributed by atoms with Crippen LogP contribution in [-0.2, 0) is 13.0 Å². The predicted molar refractivity (Wildman–Crippen MR) is 87.2 cm³/mol. The highest BCUT2D eigenvalue weighted by Crippen LogP contribution is 2.19. The van der Waals surface area contributed by atoms with Gasteiger partial charge in [-0.3, -0.25) is 0 Å². The maximum Gasteiger partial charge on any atom is 0.111 e. The van der Waals surface area contributed by atoms with Crippen molar-refractivity contribution in [3.8, 4) is 0 Å². The molecule has 2 N–H and O–H groups in total. The van der Waals surface area contributed by atoms with Crippen LogP contribution in [0.5, 0.6) is 0 Å². The Bertz CT molecular complexity index is 716. The van der Waals surface area contributed by atoms with E-state index in [-0.39, 0.29) is 6.04 Å². The highest BCUT2D eigenvalue weighted by atomic mass is 15.1. The number of rotatable bonds is 5. The Labute approximate surface area is 125 Å². The predicted octanol–water partition coefficient (Wildman–Crippen LogP) is 3.36. The van der Waals surface area contributed by atoms with Crippen LogP contribution in [0.15, 0.2) is 54.6 Å². The van der Waals surface area contributed by atoms with Crippen molar-refractivity contribution in [2.45, 2.75) is 32.4 Å². The molecule has 1 heterocycles. The van der Waals surface area contributed by atoms with Gasteiger partial charge in [0.25, 0.3) is 0 Å². The highest BCUT2D eigenvalue weighted by Gasteiger charge is 2.13. The molecule has 3 heteroatoms. The lowest BCUT2D eigenvalue weighted by molar-refractivity contribution is 0.602. The first-order chi connectivity index (χ1) is 10.3. The molecule has 0 aliphatic heterocycles. The molecule has 3 rings (SSSR count). The number of hydrogen-bond donors (Lipinski definition) is 1. The molecule has 0 radical (unpaired) electrons. The van der Waals surface area contributed by atoms with Crippen LogP contribution in [0.2, 0.25) is 0 Å². The molecule has 108 valence electrons. The van der Waals surface area contributed by atoms with E-state index in [9.17, 15) is 0 Å². The smallest absolute Gasteiger partial charge is 0.111 e. The molecule has 1 aromatic heterocycles. The Morgan fingerprint density at radius 3 is 2.52 bits per heavy atom. The van der Waals surface area contributed by atoms with Crippen LogP contribution in [0.4, 0.5) is 0 Å². The largest absolute Gasteiger partial charge is 0.327 e. The van der Waals surface area contributed by atoms with Crippen LogP contribution in [0, 0.1) is 0 Å². The molecular formula is C18H21N3. The molecule has 0 aliphatic rings. The molecule has 3 nitrogen and oxygen atoms in total. The van der Waals surface area contributed by atoms with Crippen molar-refractivity contribution in [2.75, 3.05) is 0 Å². The monoisotopic (exact) mass is 279 g/mol. The van der Waals surface area contributed by atoms with E-state index in [0.29, 0.717) is 0 Å². The van der Waals surface area contributed by atoms with Crippen molar-refractivity contribution in [2.24, 2.45) is 5.73 Å². The van der Waals surface area contributed by atoms with E-state index in [1.54, 1.807) is 0 Å². The highest BCUT2D eigenvalue weighted by molar-refractivity contribution is 5.76. The molecule has 0 amide bonds. The lowest BCUT2D eigenvalue weighted by Gasteiger charge is -2.12. The van der Waals surface area contributed by atoms with Gasteiger partial charge in [0.2, 0.25) is 0 Å². The Kier molecular flexibility index (Phi) is 4.02. The minimum Gasteiger partial charge on any atom is -0.327 e. The minimum absolute atomic E-state index is 0.163. The second kappa shape index (κ2) is 6.10. The summed E-state index contributed by atoms with van der Waals surface area (Å²) >= 11 is 0. The summed E-state index contributed by atoms with van der Waals surface area (Å²) in [5.41, 5.74) is 9.65. The van der Waals surface area contributed by atoms with E-state index in [2.05, 4.69) is 54.0 Å². The summed E-state index contributed by atoms with van der Waals surface area (Å²) in [6.07, 6.45) is 1.78. The molecule has 1 atom stereocenters. The SMILES string of the molecule is CCC(N)Cc1nc2ccccc2n1Cc1ccccc1. The third-order valence-electron chi connectivity index (χ3n) is 3.89. The molecular weight excluding hydrogens is 258 g/mol. The maximum absolute atomic E-state index is 6.14. The van der Waals surface area contributed by atoms with Gasteiger partial charge in [-0.05, 0) is 24.1 Å². The molecule has 0 spiro atoms. The van der Waals surface area contributed by atoms with Gasteiger partial charge in [-0.15, -0.1) is 0 Å². The van der Waals surface area contributed by atoms with Gasteiger partial charge in [0.1, 0.15) is 5.82 Å². The standard InChI is InChI=1S/C18H21N3/c1-2-15(19)12-18-20-16-10-6-7-11-17(16)21(18)13-14-8-4-3-5-9-14/h3-11,15H,2,12-13,19H2,1H3. The van der Waals surface area contributed by atoms with E-state index < -0.39 is 0 Å². The number of aromatic nitrogens is 2. The normalized spacial score (nSPS) is 12.7. The van der Waals surface area contributed by atoms with Crippen LogP contribution in [-0.4, -0.2) is 15.6 Å².